The Kier molecular flexibility index (Phi) is 6.95. The van der Waals surface area contributed by atoms with Gasteiger partial charge in [0.1, 0.15) is 6.61 Å². The van der Waals surface area contributed by atoms with Gasteiger partial charge in [-0.15, -0.1) is 0 Å². The standard InChI is InChI=1S/C9H16F3NOS2/c10-9(11,12)7-14-2-1-13-5-8-6-15-3-4-16-8/h8,13H,1-7H2. The molecule has 0 saturated carbocycles. The molecular weight excluding hydrogens is 259 g/mol. The van der Waals surface area contributed by atoms with Crippen molar-refractivity contribution < 1.29 is 17.9 Å². The third kappa shape index (κ3) is 7.65. The summed E-state index contributed by atoms with van der Waals surface area (Å²) in [6.07, 6.45) is -4.21. The van der Waals surface area contributed by atoms with E-state index in [4.69, 9.17) is 0 Å². The molecule has 0 aromatic carbocycles. The average Bonchev–Trinajstić information content (AvgIpc) is 2.23. The highest BCUT2D eigenvalue weighted by Gasteiger charge is 2.27. The van der Waals surface area contributed by atoms with E-state index in [9.17, 15) is 13.2 Å². The molecule has 1 N–H and O–H groups in total. The van der Waals surface area contributed by atoms with Crippen molar-refractivity contribution in [1.29, 1.82) is 0 Å². The van der Waals surface area contributed by atoms with Crippen LogP contribution in [0.4, 0.5) is 13.2 Å². The highest BCUT2D eigenvalue weighted by Crippen LogP contribution is 2.23. The fourth-order valence-corrected chi connectivity index (χ4v) is 3.90. The van der Waals surface area contributed by atoms with E-state index in [2.05, 4.69) is 10.1 Å². The minimum Gasteiger partial charge on any atom is -0.371 e. The summed E-state index contributed by atoms with van der Waals surface area (Å²) in [6, 6.07) is 0. The Balaban J connectivity index is 1.87. The Morgan fingerprint density at radius 3 is 2.75 bits per heavy atom. The van der Waals surface area contributed by atoms with Gasteiger partial charge in [0.05, 0.1) is 6.61 Å². The van der Waals surface area contributed by atoms with E-state index in [0.29, 0.717) is 11.8 Å². The molecule has 0 bridgehead atoms. The van der Waals surface area contributed by atoms with Gasteiger partial charge in [0.15, 0.2) is 0 Å². The van der Waals surface area contributed by atoms with Gasteiger partial charge in [-0.3, -0.25) is 0 Å². The summed E-state index contributed by atoms with van der Waals surface area (Å²) in [5.41, 5.74) is 0. The SMILES string of the molecule is FC(F)(F)COCCNCC1CSCCS1. The van der Waals surface area contributed by atoms with Crippen molar-refractivity contribution >= 4 is 23.5 Å². The molecule has 0 aliphatic carbocycles. The highest BCUT2D eigenvalue weighted by molar-refractivity contribution is 8.06. The maximum Gasteiger partial charge on any atom is 0.411 e. The summed E-state index contributed by atoms with van der Waals surface area (Å²) in [4.78, 5) is 0. The van der Waals surface area contributed by atoms with Crippen LogP contribution in [0.3, 0.4) is 0 Å². The number of rotatable bonds is 6. The maximum absolute atomic E-state index is 11.7. The quantitative estimate of drug-likeness (QED) is 0.748. The summed E-state index contributed by atoms with van der Waals surface area (Å²) in [5.74, 6) is 3.50. The van der Waals surface area contributed by atoms with Crippen molar-refractivity contribution in [2.75, 3.05) is 43.6 Å². The van der Waals surface area contributed by atoms with Crippen LogP contribution >= 0.6 is 23.5 Å². The number of hydrogen-bond acceptors (Lipinski definition) is 4. The van der Waals surface area contributed by atoms with E-state index in [1.807, 2.05) is 23.5 Å². The van der Waals surface area contributed by atoms with Gasteiger partial charge in [0.25, 0.3) is 0 Å². The van der Waals surface area contributed by atoms with Gasteiger partial charge in [-0.25, -0.2) is 0 Å². The fraction of sp³-hybridized carbons (Fsp3) is 1.00. The van der Waals surface area contributed by atoms with Crippen LogP contribution in [0.1, 0.15) is 0 Å². The molecule has 0 aromatic rings. The molecule has 1 aliphatic rings. The zero-order valence-corrected chi connectivity index (χ0v) is 10.5. The predicted molar refractivity (Wildman–Crippen MR) is 63.3 cm³/mol. The number of alkyl halides is 3. The molecule has 1 rings (SSSR count). The molecule has 1 unspecified atom stereocenters. The summed E-state index contributed by atoms with van der Waals surface area (Å²) >= 11 is 3.86. The molecule has 1 aliphatic heterocycles. The Morgan fingerprint density at radius 2 is 2.12 bits per heavy atom. The van der Waals surface area contributed by atoms with Crippen LogP contribution in [0, 0.1) is 0 Å². The Morgan fingerprint density at radius 1 is 1.31 bits per heavy atom. The van der Waals surface area contributed by atoms with Crippen LogP contribution in [-0.4, -0.2) is 55.0 Å². The van der Waals surface area contributed by atoms with Gasteiger partial charge in [-0.05, 0) is 0 Å². The number of ether oxygens (including phenoxy) is 1. The van der Waals surface area contributed by atoms with Crippen LogP contribution in [-0.2, 0) is 4.74 Å². The van der Waals surface area contributed by atoms with E-state index < -0.39 is 12.8 Å². The van der Waals surface area contributed by atoms with E-state index >= 15 is 0 Å². The van der Waals surface area contributed by atoms with Crippen LogP contribution in [0.25, 0.3) is 0 Å². The second-order valence-electron chi connectivity index (χ2n) is 3.44. The lowest BCUT2D eigenvalue weighted by Gasteiger charge is -2.21. The summed E-state index contributed by atoms with van der Waals surface area (Å²) in [7, 11) is 0. The Labute approximate surface area is 102 Å². The first-order valence-corrected chi connectivity index (χ1v) is 7.33. The van der Waals surface area contributed by atoms with Crippen LogP contribution in [0.2, 0.25) is 0 Å². The normalized spacial score (nSPS) is 22.3. The minimum absolute atomic E-state index is 0.115. The van der Waals surface area contributed by atoms with Gasteiger partial charge in [-0.2, -0.15) is 36.7 Å². The van der Waals surface area contributed by atoms with Crippen molar-refractivity contribution in [2.24, 2.45) is 0 Å². The molecule has 16 heavy (non-hydrogen) atoms. The van der Waals surface area contributed by atoms with E-state index in [1.54, 1.807) is 0 Å². The molecule has 0 spiro atoms. The average molecular weight is 275 g/mol. The smallest absolute Gasteiger partial charge is 0.371 e. The molecule has 1 heterocycles. The molecule has 1 saturated heterocycles. The zero-order valence-electron chi connectivity index (χ0n) is 8.89. The van der Waals surface area contributed by atoms with Gasteiger partial charge in [0.2, 0.25) is 0 Å². The van der Waals surface area contributed by atoms with Gasteiger partial charge < -0.3 is 10.1 Å². The van der Waals surface area contributed by atoms with Crippen LogP contribution in [0.5, 0.6) is 0 Å². The first kappa shape index (κ1) is 14.5. The van der Waals surface area contributed by atoms with Crippen LogP contribution in [0.15, 0.2) is 0 Å². The van der Waals surface area contributed by atoms with Gasteiger partial charge >= 0.3 is 6.18 Å². The third-order valence-electron chi connectivity index (χ3n) is 1.95. The van der Waals surface area contributed by atoms with E-state index in [-0.39, 0.29) is 6.61 Å². The second-order valence-corrected chi connectivity index (χ2v) is 6.00. The lowest BCUT2D eigenvalue weighted by atomic mass is 10.4. The second kappa shape index (κ2) is 7.68. The molecule has 7 heteroatoms. The summed E-state index contributed by atoms with van der Waals surface area (Å²) < 4.78 is 39.6. The Hall–Kier alpha value is 0.410. The summed E-state index contributed by atoms with van der Waals surface area (Å²) in [6.45, 7) is 0.303. The lowest BCUT2D eigenvalue weighted by molar-refractivity contribution is -0.173. The molecule has 1 atom stereocenters. The fourth-order valence-electron chi connectivity index (χ4n) is 1.25. The largest absolute Gasteiger partial charge is 0.411 e. The first-order valence-electron chi connectivity index (χ1n) is 5.12. The Bertz CT molecular complexity index is 186. The van der Waals surface area contributed by atoms with Crippen molar-refractivity contribution in [2.45, 2.75) is 11.4 Å². The molecule has 0 aromatic heterocycles. The molecule has 1 fully saturated rings. The first-order chi connectivity index (χ1) is 7.58. The number of hydrogen-bond donors (Lipinski definition) is 1. The van der Waals surface area contributed by atoms with E-state index in [0.717, 1.165) is 12.3 Å². The van der Waals surface area contributed by atoms with Gasteiger partial charge in [-0.1, -0.05) is 0 Å². The summed E-state index contributed by atoms with van der Waals surface area (Å²) in [5, 5.41) is 3.70. The monoisotopic (exact) mass is 275 g/mol. The molecular formula is C9H16F3NOS2. The molecule has 0 amide bonds. The van der Waals surface area contributed by atoms with Crippen molar-refractivity contribution in [3.8, 4) is 0 Å². The molecule has 0 radical (unpaired) electrons. The molecule has 96 valence electrons. The zero-order chi connectivity index (χ0) is 11.9. The number of nitrogens with one attached hydrogen (secondary N) is 1. The third-order valence-corrected chi connectivity index (χ3v) is 4.79. The lowest BCUT2D eigenvalue weighted by Crippen LogP contribution is -2.31. The molecule has 2 nitrogen and oxygen atoms in total. The van der Waals surface area contributed by atoms with Crippen LogP contribution < -0.4 is 5.32 Å². The maximum atomic E-state index is 11.7. The van der Waals surface area contributed by atoms with Crippen molar-refractivity contribution in [1.82, 2.24) is 5.32 Å². The van der Waals surface area contributed by atoms with E-state index in [1.165, 1.54) is 11.5 Å². The predicted octanol–water partition coefficient (Wildman–Crippen LogP) is 2.00. The topological polar surface area (TPSA) is 21.3 Å². The van der Waals surface area contributed by atoms with Crippen molar-refractivity contribution in [3.05, 3.63) is 0 Å². The highest BCUT2D eigenvalue weighted by atomic mass is 32.2. The number of thioether (sulfide) groups is 2. The van der Waals surface area contributed by atoms with Crippen molar-refractivity contribution in [3.63, 3.8) is 0 Å². The van der Waals surface area contributed by atoms with Gasteiger partial charge in [0, 0.05) is 35.6 Å². The number of halogens is 3. The minimum atomic E-state index is -4.21.